The Balaban J connectivity index is 1.50. The molecule has 1 saturated heterocycles. The van der Waals surface area contributed by atoms with Crippen molar-refractivity contribution in [3.05, 3.63) is 35.9 Å². The van der Waals surface area contributed by atoms with Gasteiger partial charge in [-0.2, -0.15) is 0 Å². The van der Waals surface area contributed by atoms with Gasteiger partial charge in [0, 0.05) is 51.7 Å². The molecule has 2 fully saturated rings. The normalized spacial score (nSPS) is 19.0. The van der Waals surface area contributed by atoms with Crippen LogP contribution in [0.5, 0.6) is 0 Å². The lowest BCUT2D eigenvalue weighted by Crippen LogP contribution is -2.47. The zero-order chi connectivity index (χ0) is 14.5. The van der Waals surface area contributed by atoms with Crippen LogP contribution in [0.15, 0.2) is 30.3 Å². The minimum absolute atomic E-state index is 0.315. The Morgan fingerprint density at radius 3 is 2.57 bits per heavy atom. The number of benzene rings is 1. The number of nitrogens with one attached hydrogen (secondary N) is 1. The Morgan fingerprint density at radius 1 is 1.19 bits per heavy atom. The van der Waals surface area contributed by atoms with Crippen molar-refractivity contribution in [2.24, 2.45) is 0 Å². The molecule has 1 N–H and O–H groups in total. The fraction of sp³-hybridized carbons (Fsp3) is 0.588. The van der Waals surface area contributed by atoms with Crippen molar-refractivity contribution < 1.29 is 4.79 Å². The maximum Gasteiger partial charge on any atom is 0.223 e. The molecule has 0 unspecified atom stereocenters. The van der Waals surface area contributed by atoms with Gasteiger partial charge in [0.15, 0.2) is 0 Å². The molecular weight excluding hydrogens is 262 g/mol. The number of hydrogen-bond acceptors (Lipinski definition) is 3. The van der Waals surface area contributed by atoms with Crippen LogP contribution < -0.4 is 5.32 Å². The minimum atomic E-state index is 0.315. The lowest BCUT2D eigenvalue weighted by atomic mass is 10.2. The number of rotatable bonds is 6. The van der Waals surface area contributed by atoms with Crippen LogP contribution >= 0.6 is 0 Å². The van der Waals surface area contributed by atoms with Crippen molar-refractivity contribution in [1.29, 1.82) is 0 Å². The standard InChI is InChI=1S/C17H25N3O/c21-17(19-12-9-18-10-13-19)8-11-20(16-6-7-16)14-15-4-2-1-3-5-15/h1-5,16,18H,6-14H2. The highest BCUT2D eigenvalue weighted by atomic mass is 16.2. The average molecular weight is 287 g/mol. The highest BCUT2D eigenvalue weighted by Gasteiger charge is 2.29. The molecule has 1 saturated carbocycles. The smallest absolute Gasteiger partial charge is 0.223 e. The SMILES string of the molecule is O=C(CCN(Cc1ccccc1)C1CC1)N1CCNCC1. The molecule has 114 valence electrons. The first-order chi connectivity index (χ1) is 10.3. The fourth-order valence-electron chi connectivity index (χ4n) is 2.96. The van der Waals surface area contributed by atoms with E-state index >= 15 is 0 Å². The van der Waals surface area contributed by atoms with Crippen molar-refractivity contribution in [1.82, 2.24) is 15.1 Å². The molecule has 0 aromatic heterocycles. The summed E-state index contributed by atoms with van der Waals surface area (Å²) < 4.78 is 0. The van der Waals surface area contributed by atoms with Crippen LogP contribution in [0.2, 0.25) is 0 Å². The van der Waals surface area contributed by atoms with Crippen LogP contribution in [-0.2, 0) is 11.3 Å². The molecule has 1 aromatic carbocycles. The zero-order valence-electron chi connectivity index (χ0n) is 12.6. The van der Waals surface area contributed by atoms with E-state index < -0.39 is 0 Å². The van der Waals surface area contributed by atoms with Gasteiger partial charge in [-0.1, -0.05) is 30.3 Å². The second-order valence-electron chi connectivity index (χ2n) is 6.07. The highest BCUT2D eigenvalue weighted by molar-refractivity contribution is 5.76. The van der Waals surface area contributed by atoms with Gasteiger partial charge in [-0.05, 0) is 18.4 Å². The first kappa shape index (κ1) is 14.5. The van der Waals surface area contributed by atoms with E-state index in [-0.39, 0.29) is 0 Å². The first-order valence-corrected chi connectivity index (χ1v) is 8.09. The second kappa shape index (κ2) is 7.05. The zero-order valence-corrected chi connectivity index (χ0v) is 12.6. The molecule has 0 atom stereocenters. The number of carbonyl (C=O) groups is 1. The summed E-state index contributed by atoms with van der Waals surface area (Å²) in [6, 6.07) is 11.3. The molecule has 4 nitrogen and oxygen atoms in total. The predicted octanol–water partition coefficient (Wildman–Crippen LogP) is 1.47. The van der Waals surface area contributed by atoms with Crippen molar-refractivity contribution >= 4 is 5.91 Å². The van der Waals surface area contributed by atoms with Crippen LogP contribution in [0.4, 0.5) is 0 Å². The van der Waals surface area contributed by atoms with Gasteiger partial charge in [0.2, 0.25) is 5.91 Å². The van der Waals surface area contributed by atoms with Crippen molar-refractivity contribution in [3.8, 4) is 0 Å². The van der Waals surface area contributed by atoms with Gasteiger partial charge in [0.1, 0.15) is 0 Å². The van der Waals surface area contributed by atoms with Crippen LogP contribution in [-0.4, -0.2) is 54.5 Å². The molecule has 0 bridgehead atoms. The molecule has 1 aromatic rings. The Kier molecular flexibility index (Phi) is 4.88. The van der Waals surface area contributed by atoms with E-state index in [1.165, 1.54) is 18.4 Å². The Morgan fingerprint density at radius 2 is 1.90 bits per heavy atom. The van der Waals surface area contributed by atoms with Crippen LogP contribution in [0.25, 0.3) is 0 Å². The molecule has 2 aliphatic rings. The third kappa shape index (κ3) is 4.29. The first-order valence-electron chi connectivity index (χ1n) is 8.09. The quantitative estimate of drug-likeness (QED) is 0.861. The lowest BCUT2D eigenvalue weighted by molar-refractivity contribution is -0.132. The maximum absolute atomic E-state index is 12.3. The molecule has 21 heavy (non-hydrogen) atoms. The number of nitrogens with zero attached hydrogens (tertiary/aromatic N) is 2. The van der Waals surface area contributed by atoms with E-state index in [0.29, 0.717) is 18.4 Å². The Labute approximate surface area is 127 Å². The maximum atomic E-state index is 12.3. The predicted molar refractivity (Wildman–Crippen MR) is 83.9 cm³/mol. The number of piperazine rings is 1. The molecule has 1 aliphatic heterocycles. The minimum Gasteiger partial charge on any atom is -0.340 e. The summed E-state index contributed by atoms with van der Waals surface area (Å²) in [7, 11) is 0. The summed E-state index contributed by atoms with van der Waals surface area (Å²) in [6.45, 7) is 5.45. The molecule has 0 radical (unpaired) electrons. The number of carbonyl (C=O) groups excluding carboxylic acids is 1. The summed E-state index contributed by atoms with van der Waals surface area (Å²) in [5.41, 5.74) is 1.35. The van der Waals surface area contributed by atoms with Gasteiger partial charge < -0.3 is 10.2 Å². The number of amides is 1. The van der Waals surface area contributed by atoms with E-state index in [4.69, 9.17) is 0 Å². The van der Waals surface area contributed by atoms with Crippen molar-refractivity contribution in [2.75, 3.05) is 32.7 Å². The van der Waals surface area contributed by atoms with E-state index in [0.717, 1.165) is 39.3 Å². The lowest BCUT2D eigenvalue weighted by Gasteiger charge is -2.29. The molecule has 0 spiro atoms. The second-order valence-corrected chi connectivity index (χ2v) is 6.07. The Hall–Kier alpha value is -1.39. The third-order valence-corrected chi connectivity index (χ3v) is 4.37. The third-order valence-electron chi connectivity index (χ3n) is 4.37. The summed E-state index contributed by atoms with van der Waals surface area (Å²) in [5.74, 6) is 0.315. The molecule has 1 aliphatic carbocycles. The van der Waals surface area contributed by atoms with Gasteiger partial charge in [-0.3, -0.25) is 9.69 Å². The highest BCUT2D eigenvalue weighted by Crippen LogP contribution is 2.28. The summed E-state index contributed by atoms with van der Waals surface area (Å²) in [6.07, 6.45) is 3.23. The monoisotopic (exact) mass is 287 g/mol. The van der Waals surface area contributed by atoms with Crippen LogP contribution in [0.1, 0.15) is 24.8 Å². The fourth-order valence-corrected chi connectivity index (χ4v) is 2.96. The van der Waals surface area contributed by atoms with Crippen LogP contribution in [0.3, 0.4) is 0 Å². The molecule has 4 heteroatoms. The summed E-state index contributed by atoms with van der Waals surface area (Å²) in [5, 5.41) is 3.29. The molecular formula is C17H25N3O. The van der Waals surface area contributed by atoms with Gasteiger partial charge in [0.05, 0.1) is 0 Å². The molecule has 3 rings (SSSR count). The largest absolute Gasteiger partial charge is 0.340 e. The van der Waals surface area contributed by atoms with Gasteiger partial charge >= 0.3 is 0 Å². The Bertz CT molecular complexity index is 452. The molecule has 1 amide bonds. The summed E-state index contributed by atoms with van der Waals surface area (Å²) >= 11 is 0. The van der Waals surface area contributed by atoms with E-state index in [1.807, 2.05) is 4.90 Å². The van der Waals surface area contributed by atoms with Gasteiger partial charge in [-0.15, -0.1) is 0 Å². The molecule has 1 heterocycles. The average Bonchev–Trinajstić information content (AvgIpc) is 3.38. The van der Waals surface area contributed by atoms with Crippen molar-refractivity contribution in [2.45, 2.75) is 31.8 Å². The van der Waals surface area contributed by atoms with E-state index in [1.54, 1.807) is 0 Å². The number of hydrogen-bond donors (Lipinski definition) is 1. The van der Waals surface area contributed by atoms with Gasteiger partial charge in [-0.25, -0.2) is 0 Å². The van der Waals surface area contributed by atoms with Crippen LogP contribution in [0, 0.1) is 0 Å². The van der Waals surface area contributed by atoms with Crippen molar-refractivity contribution in [3.63, 3.8) is 0 Å². The topological polar surface area (TPSA) is 35.6 Å². The van der Waals surface area contributed by atoms with E-state index in [2.05, 4.69) is 40.5 Å². The summed E-state index contributed by atoms with van der Waals surface area (Å²) in [4.78, 5) is 16.8. The van der Waals surface area contributed by atoms with E-state index in [9.17, 15) is 4.79 Å². The van der Waals surface area contributed by atoms with Gasteiger partial charge in [0.25, 0.3) is 0 Å².